The lowest BCUT2D eigenvalue weighted by atomic mass is 10.2. The van der Waals surface area contributed by atoms with Crippen molar-refractivity contribution in [3.05, 3.63) is 0 Å². The summed E-state index contributed by atoms with van der Waals surface area (Å²) >= 11 is 0. The molecule has 7 heteroatoms. The molecule has 0 aromatic heterocycles. The molecule has 1 aliphatic rings. The molecule has 6 nitrogen and oxygen atoms in total. The maximum atomic E-state index is 12.0. The number of nitrogens with zero attached hydrogens (tertiary/aromatic N) is 1. The van der Waals surface area contributed by atoms with E-state index in [4.69, 9.17) is 0 Å². The van der Waals surface area contributed by atoms with Crippen LogP contribution >= 0.6 is 0 Å². The van der Waals surface area contributed by atoms with E-state index in [1.165, 1.54) is 11.4 Å². The number of carboxylic acids is 1. The Morgan fingerprint density at radius 3 is 2.19 bits per heavy atom. The first kappa shape index (κ1) is 13.4. The fraction of sp³-hybridized carbons (Fsp3) is 0.889. The number of hydrogen-bond donors (Lipinski definition) is 1. The molecular weight excluding hydrogens is 232 g/mol. The summed E-state index contributed by atoms with van der Waals surface area (Å²) in [5.41, 5.74) is 0. The number of carbonyl (C=O) groups excluding carboxylic acids is 1. The second kappa shape index (κ2) is 5.60. The van der Waals surface area contributed by atoms with Crippen LogP contribution in [-0.2, 0) is 15.0 Å². The fourth-order valence-corrected chi connectivity index (χ4v) is 3.28. The van der Waals surface area contributed by atoms with E-state index in [2.05, 4.69) is 0 Å². The van der Waals surface area contributed by atoms with Gasteiger partial charge in [-0.2, -0.15) is 12.7 Å². The summed E-state index contributed by atoms with van der Waals surface area (Å²) in [7, 11) is -2.21. The van der Waals surface area contributed by atoms with Crippen molar-refractivity contribution < 1.29 is 22.6 Å². The van der Waals surface area contributed by atoms with Crippen molar-refractivity contribution in [3.63, 3.8) is 0 Å². The standard InChI is InChI=1S/C9H18N2O4S/c1-10(8-9(12)13)16(14,15)11-6-4-2-3-5-7-11/h2-8H2,1H3,(H,12,13). The van der Waals surface area contributed by atoms with Crippen molar-refractivity contribution in [2.24, 2.45) is 0 Å². The number of hydrogen-bond acceptors (Lipinski definition) is 4. The molecule has 0 bridgehead atoms. The van der Waals surface area contributed by atoms with Crippen LogP contribution in [0.15, 0.2) is 0 Å². The third-order valence-corrected chi connectivity index (χ3v) is 4.81. The van der Waals surface area contributed by atoms with Gasteiger partial charge in [0.1, 0.15) is 6.54 Å². The Labute approximate surface area is 96.0 Å². The number of quaternary nitrogens is 1. The molecule has 1 saturated heterocycles. The highest BCUT2D eigenvalue weighted by molar-refractivity contribution is 7.82. The first-order chi connectivity index (χ1) is 7.44. The summed E-state index contributed by atoms with van der Waals surface area (Å²) in [4.78, 5) is 10.4. The van der Waals surface area contributed by atoms with Crippen molar-refractivity contribution >= 4 is 16.2 Å². The first-order valence-electron chi connectivity index (χ1n) is 5.47. The Hall–Kier alpha value is -0.660. The quantitative estimate of drug-likeness (QED) is 0.592. The number of likely N-dealkylation sites (N-methyl/N-ethyl adjacent to an activating group) is 1. The predicted octanol–water partition coefficient (Wildman–Crippen LogP) is -2.63. The minimum atomic E-state index is -3.55. The molecular formula is C9H18N2O4S. The SMILES string of the molecule is C[NH+](CC(=O)[O-])S(=O)(=O)N1CCCCCC1. The van der Waals surface area contributed by atoms with Crippen LogP contribution in [-0.4, -0.2) is 45.4 Å². The van der Waals surface area contributed by atoms with E-state index in [9.17, 15) is 18.3 Å². The largest absolute Gasteiger partial charge is 0.544 e. The lowest BCUT2D eigenvalue weighted by Crippen LogP contribution is -3.13. The third kappa shape index (κ3) is 3.43. The van der Waals surface area contributed by atoms with E-state index in [1.54, 1.807) is 0 Å². The van der Waals surface area contributed by atoms with Crippen molar-refractivity contribution in [3.8, 4) is 0 Å². The summed E-state index contributed by atoms with van der Waals surface area (Å²) in [5, 5.41) is 10.4. The minimum Gasteiger partial charge on any atom is -0.544 e. The number of aliphatic carboxylic acids is 1. The number of rotatable bonds is 4. The molecule has 1 aliphatic heterocycles. The summed E-state index contributed by atoms with van der Waals surface area (Å²) in [6.07, 6.45) is 3.76. The minimum absolute atomic E-state index is 0.0330. The van der Waals surface area contributed by atoms with E-state index >= 15 is 0 Å². The van der Waals surface area contributed by atoms with Crippen LogP contribution in [0.5, 0.6) is 0 Å². The van der Waals surface area contributed by atoms with Gasteiger partial charge >= 0.3 is 10.2 Å². The van der Waals surface area contributed by atoms with Crippen LogP contribution in [0.1, 0.15) is 25.7 Å². The Morgan fingerprint density at radius 2 is 1.75 bits per heavy atom. The lowest BCUT2D eigenvalue weighted by Gasteiger charge is -2.23. The zero-order valence-electron chi connectivity index (χ0n) is 9.44. The summed E-state index contributed by atoms with van der Waals surface area (Å²) in [6, 6.07) is 0. The van der Waals surface area contributed by atoms with Crippen molar-refractivity contribution in [1.29, 1.82) is 0 Å². The van der Waals surface area contributed by atoms with Crippen LogP contribution in [0.25, 0.3) is 0 Å². The van der Waals surface area contributed by atoms with Crippen LogP contribution in [0, 0.1) is 0 Å². The molecule has 16 heavy (non-hydrogen) atoms. The number of carboxylic acid groups (broad SMARTS) is 1. The number of nitrogens with one attached hydrogen (secondary N) is 1. The molecule has 0 aromatic carbocycles. The Kier molecular flexibility index (Phi) is 4.69. The smallest absolute Gasteiger partial charge is 0.371 e. The molecule has 94 valence electrons. The Morgan fingerprint density at radius 1 is 1.25 bits per heavy atom. The van der Waals surface area contributed by atoms with E-state index in [-0.39, 0.29) is 4.31 Å². The average molecular weight is 250 g/mol. The van der Waals surface area contributed by atoms with Crippen molar-refractivity contribution in [2.75, 3.05) is 26.7 Å². The number of carbonyl (C=O) groups is 1. The molecule has 1 heterocycles. The zero-order chi connectivity index (χ0) is 12.2. The molecule has 0 aromatic rings. The normalized spacial score (nSPS) is 21.3. The first-order valence-corrected chi connectivity index (χ1v) is 6.91. The molecule has 0 radical (unpaired) electrons. The Bertz CT molecular complexity index is 333. The van der Waals surface area contributed by atoms with Gasteiger partial charge in [-0.3, -0.25) is 0 Å². The van der Waals surface area contributed by atoms with E-state index in [0.717, 1.165) is 25.7 Å². The molecule has 0 saturated carbocycles. The highest BCUT2D eigenvalue weighted by atomic mass is 32.2. The monoisotopic (exact) mass is 250 g/mol. The summed E-state index contributed by atoms with van der Waals surface area (Å²) < 4.78 is 25.3. The van der Waals surface area contributed by atoms with Gasteiger partial charge < -0.3 is 9.90 Å². The predicted molar refractivity (Wildman–Crippen MR) is 55.7 cm³/mol. The van der Waals surface area contributed by atoms with Crippen molar-refractivity contribution in [1.82, 2.24) is 4.31 Å². The van der Waals surface area contributed by atoms with Gasteiger partial charge in [-0.25, -0.2) is 4.31 Å². The third-order valence-electron chi connectivity index (χ3n) is 2.74. The average Bonchev–Trinajstić information content (AvgIpc) is 2.44. The van der Waals surface area contributed by atoms with E-state index in [0.29, 0.717) is 13.1 Å². The summed E-state index contributed by atoms with van der Waals surface area (Å²) in [5.74, 6) is -1.35. The molecule has 0 aliphatic carbocycles. The maximum Gasteiger partial charge on any atom is 0.371 e. The van der Waals surface area contributed by atoms with Gasteiger partial charge in [-0.05, 0) is 12.8 Å². The molecule has 1 fully saturated rings. The van der Waals surface area contributed by atoms with Crippen LogP contribution < -0.4 is 9.41 Å². The Balaban J connectivity index is 2.70. The molecule has 0 spiro atoms. The second-order valence-corrected chi connectivity index (χ2v) is 6.23. The van der Waals surface area contributed by atoms with Crippen LogP contribution in [0.3, 0.4) is 0 Å². The van der Waals surface area contributed by atoms with Crippen molar-refractivity contribution in [2.45, 2.75) is 25.7 Å². The van der Waals surface area contributed by atoms with Gasteiger partial charge in [0.05, 0.1) is 13.0 Å². The molecule has 1 atom stereocenters. The molecule has 0 amide bonds. The van der Waals surface area contributed by atoms with Crippen LogP contribution in [0.2, 0.25) is 0 Å². The summed E-state index contributed by atoms with van der Waals surface area (Å²) in [6.45, 7) is 0.471. The lowest BCUT2D eigenvalue weighted by molar-refractivity contribution is -0.740. The van der Waals surface area contributed by atoms with Gasteiger partial charge in [0, 0.05) is 13.1 Å². The second-order valence-electron chi connectivity index (χ2n) is 4.07. The van der Waals surface area contributed by atoms with Gasteiger partial charge in [0.25, 0.3) is 0 Å². The van der Waals surface area contributed by atoms with Gasteiger partial charge in [-0.15, -0.1) is 0 Å². The van der Waals surface area contributed by atoms with Gasteiger partial charge in [0.15, 0.2) is 0 Å². The fourth-order valence-electron chi connectivity index (χ4n) is 1.80. The molecule has 1 N–H and O–H groups in total. The highest BCUT2D eigenvalue weighted by Gasteiger charge is 2.30. The zero-order valence-corrected chi connectivity index (χ0v) is 10.3. The van der Waals surface area contributed by atoms with Gasteiger partial charge in [0.2, 0.25) is 0 Å². The maximum absolute atomic E-state index is 12.0. The topological polar surface area (TPSA) is 82.0 Å². The van der Waals surface area contributed by atoms with Crippen LogP contribution in [0.4, 0.5) is 0 Å². The van der Waals surface area contributed by atoms with E-state index in [1.807, 2.05) is 0 Å². The van der Waals surface area contributed by atoms with E-state index < -0.39 is 22.7 Å². The molecule has 1 rings (SSSR count). The molecule has 1 unspecified atom stereocenters. The van der Waals surface area contributed by atoms with Gasteiger partial charge in [-0.1, -0.05) is 12.8 Å². The highest BCUT2D eigenvalue weighted by Crippen LogP contribution is 2.10.